The number of ether oxygens (including phenoxy) is 1. The maximum atomic E-state index is 12.0. The van der Waals surface area contributed by atoms with Crippen LogP contribution in [0, 0.1) is 0 Å². The summed E-state index contributed by atoms with van der Waals surface area (Å²) < 4.78 is 10.7. The molecule has 0 saturated carbocycles. The number of hydrogen-bond acceptors (Lipinski definition) is 4. The van der Waals surface area contributed by atoms with Crippen molar-refractivity contribution in [3.05, 3.63) is 36.1 Å². The van der Waals surface area contributed by atoms with Crippen molar-refractivity contribution in [1.29, 1.82) is 0 Å². The van der Waals surface area contributed by atoms with Crippen LogP contribution in [-0.4, -0.2) is 25.7 Å². The minimum absolute atomic E-state index is 0.168. The number of methoxy groups -OCH3 is 1. The van der Waals surface area contributed by atoms with E-state index in [0.717, 1.165) is 23.2 Å². The van der Waals surface area contributed by atoms with Crippen LogP contribution in [-0.2, 0) is 9.53 Å². The largest absolute Gasteiger partial charge is 0.459 e. The number of carbonyl (C=O) groups excluding carboxylic acids is 1. The van der Waals surface area contributed by atoms with Crippen molar-refractivity contribution in [3.8, 4) is 0 Å². The Balaban J connectivity index is 1.93. The quantitative estimate of drug-likeness (QED) is 0.767. The zero-order chi connectivity index (χ0) is 15.2. The second kappa shape index (κ2) is 7.24. The van der Waals surface area contributed by atoms with Crippen LogP contribution in [0.25, 0.3) is 11.0 Å². The summed E-state index contributed by atoms with van der Waals surface area (Å²) in [6.07, 6.45) is 1.37. The molecule has 3 N–H and O–H groups in total. The third-order valence-corrected chi connectivity index (χ3v) is 3.43. The highest BCUT2D eigenvalue weighted by Gasteiger charge is 2.18. The van der Waals surface area contributed by atoms with E-state index in [9.17, 15) is 4.79 Å². The molecule has 1 amide bonds. The monoisotopic (exact) mass is 290 g/mol. The molecule has 0 saturated heterocycles. The SMILES string of the molecule is COCCCC(N)C(=O)NC(C)c1cc2ccccc2o1. The number of carbonyl (C=O) groups is 1. The van der Waals surface area contributed by atoms with E-state index >= 15 is 0 Å². The van der Waals surface area contributed by atoms with Crippen molar-refractivity contribution >= 4 is 16.9 Å². The Kier molecular flexibility index (Phi) is 5.36. The minimum atomic E-state index is -0.521. The van der Waals surface area contributed by atoms with Gasteiger partial charge in [-0.15, -0.1) is 0 Å². The third-order valence-electron chi connectivity index (χ3n) is 3.43. The number of amides is 1. The van der Waals surface area contributed by atoms with Crippen LogP contribution in [0.2, 0.25) is 0 Å². The fraction of sp³-hybridized carbons (Fsp3) is 0.438. The number of fused-ring (bicyclic) bond motifs is 1. The van der Waals surface area contributed by atoms with Gasteiger partial charge in [-0.3, -0.25) is 4.79 Å². The van der Waals surface area contributed by atoms with Gasteiger partial charge < -0.3 is 20.2 Å². The predicted octanol–water partition coefficient (Wildman–Crippen LogP) is 2.36. The molecular formula is C16H22N2O3. The summed E-state index contributed by atoms with van der Waals surface area (Å²) in [6.45, 7) is 2.50. The predicted molar refractivity (Wildman–Crippen MR) is 81.9 cm³/mol. The lowest BCUT2D eigenvalue weighted by atomic mass is 10.1. The highest BCUT2D eigenvalue weighted by Crippen LogP contribution is 2.23. The van der Waals surface area contributed by atoms with Crippen LogP contribution in [0.5, 0.6) is 0 Å². The van der Waals surface area contributed by atoms with Gasteiger partial charge >= 0.3 is 0 Å². The van der Waals surface area contributed by atoms with E-state index in [-0.39, 0.29) is 11.9 Å². The summed E-state index contributed by atoms with van der Waals surface area (Å²) in [5.41, 5.74) is 6.68. The van der Waals surface area contributed by atoms with Gasteiger partial charge in [0.15, 0.2) is 0 Å². The zero-order valence-corrected chi connectivity index (χ0v) is 12.5. The van der Waals surface area contributed by atoms with Gasteiger partial charge in [0.1, 0.15) is 11.3 Å². The summed E-state index contributed by atoms with van der Waals surface area (Å²) in [5.74, 6) is 0.563. The van der Waals surface area contributed by atoms with E-state index in [0.29, 0.717) is 13.0 Å². The highest BCUT2D eigenvalue weighted by molar-refractivity contribution is 5.82. The molecule has 0 spiro atoms. The molecule has 0 bridgehead atoms. The van der Waals surface area contributed by atoms with Crippen molar-refractivity contribution in [2.45, 2.75) is 31.8 Å². The van der Waals surface area contributed by atoms with Gasteiger partial charge in [0.05, 0.1) is 12.1 Å². The van der Waals surface area contributed by atoms with Gasteiger partial charge in [0, 0.05) is 19.1 Å². The maximum absolute atomic E-state index is 12.0. The Bertz CT molecular complexity index is 561. The first-order chi connectivity index (χ1) is 10.1. The first kappa shape index (κ1) is 15.5. The Morgan fingerprint density at radius 2 is 2.19 bits per heavy atom. The second-order valence-corrected chi connectivity index (χ2v) is 5.16. The molecule has 5 heteroatoms. The molecule has 2 atom stereocenters. The van der Waals surface area contributed by atoms with Gasteiger partial charge in [0.2, 0.25) is 5.91 Å². The molecule has 1 aromatic carbocycles. The fourth-order valence-electron chi connectivity index (χ4n) is 2.19. The lowest BCUT2D eigenvalue weighted by Gasteiger charge is -2.15. The molecular weight excluding hydrogens is 268 g/mol. The van der Waals surface area contributed by atoms with E-state index in [1.807, 2.05) is 37.3 Å². The van der Waals surface area contributed by atoms with E-state index in [2.05, 4.69) is 5.32 Å². The van der Waals surface area contributed by atoms with E-state index in [1.54, 1.807) is 7.11 Å². The number of rotatable bonds is 7. The number of nitrogens with one attached hydrogen (secondary N) is 1. The molecule has 2 unspecified atom stereocenters. The van der Waals surface area contributed by atoms with Crippen molar-refractivity contribution in [2.75, 3.05) is 13.7 Å². The smallest absolute Gasteiger partial charge is 0.237 e. The van der Waals surface area contributed by atoms with Crippen LogP contribution in [0.1, 0.15) is 31.6 Å². The van der Waals surface area contributed by atoms with Gasteiger partial charge in [-0.2, -0.15) is 0 Å². The Hall–Kier alpha value is -1.85. The molecule has 5 nitrogen and oxygen atoms in total. The van der Waals surface area contributed by atoms with E-state index in [1.165, 1.54) is 0 Å². The maximum Gasteiger partial charge on any atom is 0.237 e. The molecule has 21 heavy (non-hydrogen) atoms. The van der Waals surface area contributed by atoms with Crippen molar-refractivity contribution in [3.63, 3.8) is 0 Å². The van der Waals surface area contributed by atoms with Crippen LogP contribution in [0.4, 0.5) is 0 Å². The van der Waals surface area contributed by atoms with Gasteiger partial charge in [0.25, 0.3) is 0 Å². The van der Waals surface area contributed by atoms with Crippen LogP contribution >= 0.6 is 0 Å². The number of benzene rings is 1. The summed E-state index contributed by atoms with van der Waals surface area (Å²) in [4.78, 5) is 12.0. The molecule has 0 radical (unpaired) electrons. The molecule has 2 aromatic rings. The van der Waals surface area contributed by atoms with Gasteiger partial charge in [-0.1, -0.05) is 18.2 Å². The zero-order valence-electron chi connectivity index (χ0n) is 12.5. The first-order valence-corrected chi connectivity index (χ1v) is 7.15. The molecule has 0 fully saturated rings. The number of hydrogen-bond donors (Lipinski definition) is 2. The standard InChI is InChI=1S/C16H22N2O3/c1-11(18-16(19)13(17)7-5-9-20-2)15-10-12-6-3-4-8-14(12)21-15/h3-4,6,8,10-11,13H,5,7,9,17H2,1-2H3,(H,18,19). The fourth-order valence-corrected chi connectivity index (χ4v) is 2.19. The highest BCUT2D eigenvalue weighted by atomic mass is 16.5. The Morgan fingerprint density at radius 1 is 1.43 bits per heavy atom. The average Bonchev–Trinajstić information content (AvgIpc) is 2.91. The minimum Gasteiger partial charge on any atom is -0.459 e. The lowest BCUT2D eigenvalue weighted by Crippen LogP contribution is -2.41. The lowest BCUT2D eigenvalue weighted by molar-refractivity contribution is -0.123. The normalized spacial score (nSPS) is 14.0. The molecule has 0 aliphatic heterocycles. The molecule has 1 heterocycles. The number of para-hydroxylation sites is 1. The second-order valence-electron chi connectivity index (χ2n) is 5.16. The summed E-state index contributed by atoms with van der Waals surface area (Å²) in [6, 6.07) is 8.97. The first-order valence-electron chi connectivity index (χ1n) is 7.15. The number of furan rings is 1. The summed E-state index contributed by atoms with van der Waals surface area (Å²) >= 11 is 0. The Morgan fingerprint density at radius 3 is 2.90 bits per heavy atom. The molecule has 1 aromatic heterocycles. The molecule has 0 aliphatic carbocycles. The van der Waals surface area contributed by atoms with Crippen molar-refractivity contribution < 1.29 is 13.9 Å². The summed E-state index contributed by atoms with van der Waals surface area (Å²) in [7, 11) is 1.63. The van der Waals surface area contributed by atoms with Crippen molar-refractivity contribution in [2.24, 2.45) is 5.73 Å². The molecule has 0 aliphatic rings. The average molecular weight is 290 g/mol. The van der Waals surface area contributed by atoms with Crippen LogP contribution in [0.3, 0.4) is 0 Å². The van der Waals surface area contributed by atoms with Crippen LogP contribution < -0.4 is 11.1 Å². The van der Waals surface area contributed by atoms with Gasteiger partial charge in [-0.05, 0) is 31.9 Å². The Labute approximate surface area is 124 Å². The van der Waals surface area contributed by atoms with Crippen molar-refractivity contribution in [1.82, 2.24) is 5.32 Å². The van der Waals surface area contributed by atoms with Crippen LogP contribution in [0.15, 0.2) is 34.7 Å². The number of nitrogens with two attached hydrogens (primary N) is 1. The van der Waals surface area contributed by atoms with E-state index < -0.39 is 6.04 Å². The molecule has 2 rings (SSSR count). The third kappa shape index (κ3) is 4.06. The molecule has 114 valence electrons. The summed E-state index contributed by atoms with van der Waals surface area (Å²) in [5, 5.41) is 3.91. The van der Waals surface area contributed by atoms with Gasteiger partial charge in [-0.25, -0.2) is 0 Å². The van der Waals surface area contributed by atoms with E-state index in [4.69, 9.17) is 14.9 Å². The topological polar surface area (TPSA) is 77.5 Å².